The van der Waals surface area contributed by atoms with Crippen molar-refractivity contribution in [3.63, 3.8) is 0 Å². The molecule has 38 heavy (non-hydrogen) atoms. The summed E-state index contributed by atoms with van der Waals surface area (Å²) in [7, 11) is 0. The van der Waals surface area contributed by atoms with Gasteiger partial charge in [-0.3, -0.25) is 14.5 Å². The van der Waals surface area contributed by atoms with E-state index < -0.39 is 47.5 Å². The first kappa shape index (κ1) is 27.2. The number of hydrogen-bond donors (Lipinski definition) is 5. The number of nitrogens with two attached hydrogens (primary N) is 2. The lowest BCUT2D eigenvalue weighted by Gasteiger charge is -2.49. The predicted molar refractivity (Wildman–Crippen MR) is 132 cm³/mol. The number of fused-ring (bicyclic) bond motifs is 1. The summed E-state index contributed by atoms with van der Waals surface area (Å²) in [4.78, 5) is 58.3. The average molecular weight is 586 g/mol. The van der Waals surface area contributed by atoms with Crippen LogP contribution in [0.4, 0.5) is 5.13 Å². The van der Waals surface area contributed by atoms with Crippen LogP contribution >= 0.6 is 35.1 Å². The van der Waals surface area contributed by atoms with Gasteiger partial charge in [0.05, 0.1) is 6.54 Å². The maximum absolute atomic E-state index is 13.0. The molecule has 0 aromatic carbocycles. The van der Waals surface area contributed by atoms with Gasteiger partial charge in [-0.2, -0.15) is 9.36 Å². The molecule has 7 N–H and O–H groups in total. The number of nitrogens with zero attached hydrogens (tertiary/aromatic N) is 8. The zero-order valence-electron chi connectivity index (χ0n) is 19.1. The van der Waals surface area contributed by atoms with Crippen LogP contribution in [-0.4, -0.2) is 110 Å². The number of aromatic nitrogens is 6. The lowest BCUT2D eigenvalue weighted by Crippen LogP contribution is -2.71. The molecule has 2 aromatic heterocycles. The topological polar surface area (TPSA) is 267 Å². The zero-order chi connectivity index (χ0) is 27.4. The van der Waals surface area contributed by atoms with Gasteiger partial charge >= 0.3 is 11.9 Å². The number of β-lactam (4-membered cyclic amide) rings is 1. The molecule has 4 rings (SSSR count). The lowest BCUT2D eigenvalue weighted by molar-refractivity contribution is -0.150. The second-order valence-electron chi connectivity index (χ2n) is 7.44. The maximum atomic E-state index is 13.0. The van der Waals surface area contributed by atoms with Gasteiger partial charge in [-0.15, -0.1) is 16.9 Å². The van der Waals surface area contributed by atoms with Crippen LogP contribution in [-0.2, 0) is 30.6 Å². The van der Waals surface area contributed by atoms with Gasteiger partial charge in [0.2, 0.25) is 23.3 Å². The summed E-state index contributed by atoms with van der Waals surface area (Å²) in [6.45, 7) is -0.131. The van der Waals surface area contributed by atoms with Gasteiger partial charge < -0.3 is 31.8 Å². The molecule has 4 heterocycles. The number of nitrogen functional groups attached to an aromatic ring is 1. The summed E-state index contributed by atoms with van der Waals surface area (Å²) in [5, 5.41) is 35.7. The number of aliphatic carboxylic acids is 2. The number of carboxylic acid groups (broad SMARTS) is 2. The Hall–Kier alpha value is -3.82. The number of tetrazole rings is 1. The molecule has 18 nitrogen and oxygen atoms in total. The van der Waals surface area contributed by atoms with Crippen molar-refractivity contribution in [3.8, 4) is 0 Å². The van der Waals surface area contributed by atoms with E-state index in [9.17, 15) is 24.3 Å². The molecule has 2 atom stereocenters. The van der Waals surface area contributed by atoms with Gasteiger partial charge in [0.25, 0.3) is 11.8 Å². The Balaban J connectivity index is 1.48. The van der Waals surface area contributed by atoms with Gasteiger partial charge in [0.15, 0.2) is 5.13 Å². The van der Waals surface area contributed by atoms with Crippen LogP contribution in [0, 0.1) is 0 Å². The zero-order valence-corrected chi connectivity index (χ0v) is 21.5. The molecule has 2 amide bonds. The second-order valence-corrected chi connectivity index (χ2v) is 10.3. The third-order valence-corrected chi connectivity index (χ3v) is 7.89. The smallest absolute Gasteiger partial charge is 0.352 e. The fourth-order valence-electron chi connectivity index (χ4n) is 3.39. The van der Waals surface area contributed by atoms with Crippen molar-refractivity contribution in [1.29, 1.82) is 0 Å². The van der Waals surface area contributed by atoms with E-state index in [1.54, 1.807) is 0 Å². The number of carbonyl (C=O) groups is 4. The van der Waals surface area contributed by atoms with E-state index in [2.05, 4.69) is 40.2 Å². The number of thioether (sulfide) groups is 2. The molecule has 21 heteroatoms. The minimum Gasteiger partial charge on any atom is -0.479 e. The SMILES string of the molecule is NCCn1nnnc1SCC1=C(C(=O)O)N2C(=O)C(NC(=O)C(=NOCC(=O)O)c3nsc(N)n3)[C@@H]2SC1. The monoisotopic (exact) mass is 585 g/mol. The summed E-state index contributed by atoms with van der Waals surface area (Å²) in [6, 6.07) is -1.09. The Morgan fingerprint density at radius 3 is 2.76 bits per heavy atom. The highest BCUT2D eigenvalue weighted by molar-refractivity contribution is 8.01. The molecule has 0 aliphatic carbocycles. The molecule has 0 spiro atoms. The normalized spacial score (nSPS) is 19.1. The number of carbonyl (C=O) groups excluding carboxylic acids is 2. The molecular formula is C17H19N11O7S3. The average Bonchev–Trinajstić information content (AvgIpc) is 3.51. The van der Waals surface area contributed by atoms with E-state index in [-0.39, 0.29) is 28.2 Å². The summed E-state index contributed by atoms with van der Waals surface area (Å²) < 4.78 is 5.36. The van der Waals surface area contributed by atoms with E-state index in [1.165, 1.54) is 28.2 Å². The lowest BCUT2D eigenvalue weighted by atomic mass is 10.0. The van der Waals surface area contributed by atoms with E-state index in [0.717, 1.165) is 16.4 Å². The van der Waals surface area contributed by atoms with E-state index in [4.69, 9.17) is 16.6 Å². The minimum absolute atomic E-state index is 0.0196. The highest BCUT2D eigenvalue weighted by Crippen LogP contribution is 2.41. The van der Waals surface area contributed by atoms with Gasteiger partial charge in [-0.25, -0.2) is 14.3 Å². The number of anilines is 1. The van der Waals surface area contributed by atoms with Crippen LogP contribution in [0.5, 0.6) is 0 Å². The molecular weight excluding hydrogens is 566 g/mol. The van der Waals surface area contributed by atoms with Crippen molar-refractivity contribution in [2.24, 2.45) is 10.9 Å². The van der Waals surface area contributed by atoms with Crippen LogP contribution < -0.4 is 16.8 Å². The first-order valence-corrected chi connectivity index (χ1v) is 13.3. The molecule has 2 aromatic rings. The molecule has 2 aliphatic heterocycles. The van der Waals surface area contributed by atoms with Crippen molar-refractivity contribution in [2.75, 3.05) is 30.4 Å². The number of carboxylic acids is 2. The van der Waals surface area contributed by atoms with Crippen molar-refractivity contribution in [3.05, 3.63) is 17.1 Å². The Morgan fingerprint density at radius 2 is 2.11 bits per heavy atom. The Kier molecular flexibility index (Phi) is 8.38. The van der Waals surface area contributed by atoms with Gasteiger partial charge in [0.1, 0.15) is 17.1 Å². The molecule has 2 aliphatic rings. The highest BCUT2D eigenvalue weighted by atomic mass is 32.2. The van der Waals surface area contributed by atoms with Crippen molar-refractivity contribution in [1.82, 2.24) is 39.8 Å². The van der Waals surface area contributed by atoms with E-state index in [1.807, 2.05) is 0 Å². The Bertz CT molecular complexity index is 1330. The third kappa shape index (κ3) is 5.69. The summed E-state index contributed by atoms with van der Waals surface area (Å²) in [6.07, 6.45) is 0. The number of nitrogens with one attached hydrogen (secondary N) is 1. The quantitative estimate of drug-likeness (QED) is 0.0739. The first-order valence-electron chi connectivity index (χ1n) is 10.5. The third-order valence-electron chi connectivity index (χ3n) is 4.96. The summed E-state index contributed by atoms with van der Waals surface area (Å²) in [5.41, 5.74) is 10.9. The minimum atomic E-state index is -1.33. The Labute approximate surface area is 225 Å². The number of amides is 2. The van der Waals surface area contributed by atoms with Crippen LogP contribution in [0.15, 0.2) is 21.6 Å². The largest absolute Gasteiger partial charge is 0.479 e. The van der Waals surface area contributed by atoms with Crippen LogP contribution in [0.2, 0.25) is 0 Å². The summed E-state index contributed by atoms with van der Waals surface area (Å²) in [5.74, 6) is -3.96. The molecule has 0 saturated carbocycles. The van der Waals surface area contributed by atoms with E-state index >= 15 is 0 Å². The van der Waals surface area contributed by atoms with Crippen LogP contribution in [0.3, 0.4) is 0 Å². The fourth-order valence-corrected chi connectivity index (χ4v) is 6.21. The number of hydrogen-bond acceptors (Lipinski definition) is 16. The predicted octanol–water partition coefficient (Wildman–Crippen LogP) is -2.60. The number of rotatable bonds is 12. The molecule has 202 valence electrons. The van der Waals surface area contributed by atoms with Gasteiger partial charge in [0, 0.05) is 29.6 Å². The summed E-state index contributed by atoms with van der Waals surface area (Å²) >= 11 is 3.24. The standard InChI is InChI=1S/C17H19N11O7S3/c18-1-2-27-17(22-25-26-27)37-5-6-4-36-14-9(13(32)28(14)10(6)15(33)34)20-12(31)8(23-35-3-7(29)30)11-21-16(19)38-24-11/h9,14H,1-5,18H2,(H,20,31)(H,29,30)(H,33,34)(H2,19,21,24)/t9?,14-/m0/s1. The van der Waals surface area contributed by atoms with Gasteiger partial charge in [-0.05, 0) is 16.0 Å². The highest BCUT2D eigenvalue weighted by Gasteiger charge is 2.54. The fraction of sp³-hybridized carbons (Fsp3) is 0.412. The molecule has 1 unspecified atom stereocenters. The second kappa shape index (κ2) is 11.7. The molecule has 0 radical (unpaired) electrons. The van der Waals surface area contributed by atoms with Gasteiger partial charge in [-0.1, -0.05) is 16.9 Å². The molecule has 0 bridgehead atoms. The van der Waals surface area contributed by atoms with E-state index in [0.29, 0.717) is 23.8 Å². The van der Waals surface area contributed by atoms with Crippen LogP contribution in [0.1, 0.15) is 5.82 Å². The first-order chi connectivity index (χ1) is 18.2. The van der Waals surface area contributed by atoms with Crippen LogP contribution in [0.25, 0.3) is 0 Å². The van der Waals surface area contributed by atoms with Crippen molar-refractivity contribution in [2.45, 2.75) is 23.1 Å². The maximum Gasteiger partial charge on any atom is 0.352 e. The van der Waals surface area contributed by atoms with Crippen molar-refractivity contribution >= 4 is 69.7 Å². The number of oxime groups is 1. The molecule has 1 fully saturated rings. The molecule has 1 saturated heterocycles. The Morgan fingerprint density at radius 1 is 1.32 bits per heavy atom. The van der Waals surface area contributed by atoms with Crippen molar-refractivity contribution < 1.29 is 34.2 Å².